The summed E-state index contributed by atoms with van der Waals surface area (Å²) in [5, 5.41) is 3.95. The molecular formula is C22H18Cl2N2O5S. The summed E-state index contributed by atoms with van der Waals surface area (Å²) in [6, 6.07) is 13.3. The molecule has 0 saturated heterocycles. The summed E-state index contributed by atoms with van der Waals surface area (Å²) in [5.41, 5.74) is 1.10. The zero-order valence-corrected chi connectivity index (χ0v) is 19.4. The Morgan fingerprint density at radius 3 is 2.50 bits per heavy atom. The van der Waals surface area contributed by atoms with E-state index in [1.807, 2.05) is 0 Å². The van der Waals surface area contributed by atoms with E-state index in [0.29, 0.717) is 44.3 Å². The van der Waals surface area contributed by atoms with Crippen molar-refractivity contribution in [3.8, 4) is 28.6 Å². The summed E-state index contributed by atoms with van der Waals surface area (Å²) in [6.45, 7) is 1.59. The van der Waals surface area contributed by atoms with Gasteiger partial charge in [-0.2, -0.15) is 0 Å². The number of nitrogens with one attached hydrogen (secondary N) is 1. The third-order valence-corrected chi connectivity index (χ3v) is 6.98. The fourth-order valence-corrected chi connectivity index (χ4v) is 4.42. The maximum Gasteiger partial charge on any atom is 0.299 e. The van der Waals surface area contributed by atoms with Gasteiger partial charge in [0.15, 0.2) is 21.4 Å². The Hall–Kier alpha value is -2.94. The molecular weight excluding hydrogens is 475 g/mol. The summed E-state index contributed by atoms with van der Waals surface area (Å²) in [4.78, 5) is 4.37. The number of sulfone groups is 1. The van der Waals surface area contributed by atoms with E-state index in [0.717, 1.165) is 0 Å². The summed E-state index contributed by atoms with van der Waals surface area (Å²) in [5.74, 6) is 1.80. The molecule has 0 aliphatic rings. The van der Waals surface area contributed by atoms with Crippen molar-refractivity contribution in [1.29, 1.82) is 0 Å². The van der Waals surface area contributed by atoms with Crippen LogP contribution < -0.4 is 10.1 Å². The molecule has 0 atom stereocenters. The molecule has 0 fully saturated rings. The molecule has 0 unspecified atom stereocenters. The molecule has 4 rings (SSSR count). The lowest BCUT2D eigenvalue weighted by Gasteiger charge is -2.10. The van der Waals surface area contributed by atoms with E-state index in [9.17, 15) is 8.42 Å². The highest BCUT2D eigenvalue weighted by atomic mass is 35.5. The van der Waals surface area contributed by atoms with E-state index in [4.69, 9.17) is 36.8 Å². The number of aromatic nitrogens is 1. The Morgan fingerprint density at radius 1 is 1.00 bits per heavy atom. The van der Waals surface area contributed by atoms with E-state index in [2.05, 4.69) is 10.3 Å². The van der Waals surface area contributed by atoms with Gasteiger partial charge in [-0.15, -0.1) is 0 Å². The highest BCUT2D eigenvalue weighted by Gasteiger charge is 2.17. The van der Waals surface area contributed by atoms with Crippen LogP contribution in [0.15, 0.2) is 68.5 Å². The first-order valence-electron chi connectivity index (χ1n) is 9.50. The molecule has 0 radical (unpaired) electrons. The van der Waals surface area contributed by atoms with Crippen molar-refractivity contribution >= 4 is 44.7 Å². The van der Waals surface area contributed by atoms with E-state index in [-0.39, 0.29) is 16.7 Å². The van der Waals surface area contributed by atoms with Crippen molar-refractivity contribution in [3.63, 3.8) is 0 Å². The van der Waals surface area contributed by atoms with Gasteiger partial charge in [0, 0.05) is 10.6 Å². The van der Waals surface area contributed by atoms with Crippen LogP contribution in [-0.2, 0) is 9.84 Å². The smallest absolute Gasteiger partial charge is 0.299 e. The number of methoxy groups -OCH3 is 1. The van der Waals surface area contributed by atoms with Crippen molar-refractivity contribution in [1.82, 2.24) is 4.98 Å². The normalized spacial score (nSPS) is 11.5. The van der Waals surface area contributed by atoms with Gasteiger partial charge < -0.3 is 18.9 Å². The van der Waals surface area contributed by atoms with Gasteiger partial charge in [0.05, 0.1) is 34.7 Å². The second-order valence-corrected chi connectivity index (χ2v) is 9.83. The Balaban J connectivity index is 1.60. The second-order valence-electron chi connectivity index (χ2n) is 6.71. The highest BCUT2D eigenvalue weighted by molar-refractivity contribution is 7.91. The van der Waals surface area contributed by atoms with E-state index in [1.165, 1.54) is 25.4 Å². The highest BCUT2D eigenvalue weighted by Crippen LogP contribution is 2.36. The van der Waals surface area contributed by atoms with Gasteiger partial charge in [0.25, 0.3) is 6.01 Å². The molecule has 0 spiro atoms. The molecule has 2 aromatic heterocycles. The van der Waals surface area contributed by atoms with E-state index < -0.39 is 9.84 Å². The molecule has 0 bridgehead atoms. The van der Waals surface area contributed by atoms with Crippen LogP contribution in [0.4, 0.5) is 11.7 Å². The van der Waals surface area contributed by atoms with Crippen LogP contribution in [0.3, 0.4) is 0 Å². The van der Waals surface area contributed by atoms with E-state index in [1.54, 1.807) is 43.3 Å². The molecule has 32 heavy (non-hydrogen) atoms. The van der Waals surface area contributed by atoms with Crippen molar-refractivity contribution < 1.29 is 22.0 Å². The third kappa shape index (κ3) is 4.48. The van der Waals surface area contributed by atoms with Crippen LogP contribution in [-0.4, -0.2) is 26.3 Å². The molecule has 0 saturated carbocycles. The van der Waals surface area contributed by atoms with Crippen LogP contribution in [0.1, 0.15) is 6.92 Å². The quantitative estimate of drug-likeness (QED) is 0.316. The molecule has 0 aliphatic carbocycles. The van der Waals surface area contributed by atoms with Gasteiger partial charge in [-0.3, -0.25) is 0 Å². The molecule has 1 N–H and O–H groups in total. The first kappa shape index (κ1) is 22.3. The van der Waals surface area contributed by atoms with Gasteiger partial charge in [0.2, 0.25) is 0 Å². The third-order valence-electron chi connectivity index (χ3n) is 4.70. The first-order chi connectivity index (χ1) is 15.3. The van der Waals surface area contributed by atoms with Crippen molar-refractivity contribution in [2.24, 2.45) is 0 Å². The van der Waals surface area contributed by atoms with Crippen molar-refractivity contribution in [3.05, 3.63) is 64.8 Å². The minimum Gasteiger partial charge on any atom is -0.495 e. The number of rotatable bonds is 7. The predicted octanol–water partition coefficient (Wildman–Crippen LogP) is 6.45. The van der Waals surface area contributed by atoms with Crippen molar-refractivity contribution in [2.75, 3.05) is 18.2 Å². The maximum absolute atomic E-state index is 12.2. The fraction of sp³-hybridized carbons (Fsp3) is 0.136. The van der Waals surface area contributed by atoms with Gasteiger partial charge in [-0.25, -0.2) is 13.4 Å². The van der Waals surface area contributed by atoms with Crippen LogP contribution in [0.5, 0.6) is 5.75 Å². The Labute approximate surface area is 194 Å². The number of hydrogen-bond acceptors (Lipinski definition) is 7. The molecule has 166 valence electrons. The largest absolute Gasteiger partial charge is 0.495 e. The summed E-state index contributed by atoms with van der Waals surface area (Å²) in [6.07, 6.45) is 1.49. The van der Waals surface area contributed by atoms with Gasteiger partial charge in [-0.1, -0.05) is 30.1 Å². The Bertz CT molecular complexity index is 1380. The van der Waals surface area contributed by atoms with Crippen LogP contribution in [0, 0.1) is 0 Å². The number of halogens is 2. The number of oxazole rings is 1. The molecule has 10 heteroatoms. The zero-order chi connectivity index (χ0) is 22.9. The van der Waals surface area contributed by atoms with Gasteiger partial charge in [-0.05, 0) is 48.5 Å². The van der Waals surface area contributed by atoms with Gasteiger partial charge >= 0.3 is 0 Å². The molecule has 2 heterocycles. The van der Waals surface area contributed by atoms with Crippen LogP contribution in [0.25, 0.3) is 22.8 Å². The number of furan rings is 1. The number of nitrogens with zero attached hydrogens (tertiary/aromatic N) is 1. The number of anilines is 2. The number of ether oxygens (including phenoxy) is 1. The SMILES string of the molecule is CCS(=O)(=O)c1ccc(OC)c(Nc2ncc(-c3ccc(-c4ccc(Cl)cc4Cl)o3)o2)c1. The molecule has 0 aliphatic heterocycles. The Kier molecular flexibility index (Phi) is 6.19. The van der Waals surface area contributed by atoms with Crippen LogP contribution in [0.2, 0.25) is 10.0 Å². The number of hydrogen-bond donors (Lipinski definition) is 1. The minimum atomic E-state index is -3.39. The van der Waals surface area contributed by atoms with Crippen LogP contribution >= 0.6 is 23.2 Å². The second kappa shape index (κ2) is 8.90. The average molecular weight is 493 g/mol. The Morgan fingerprint density at radius 2 is 1.78 bits per heavy atom. The monoisotopic (exact) mass is 492 g/mol. The lowest BCUT2D eigenvalue weighted by atomic mass is 10.2. The van der Waals surface area contributed by atoms with Crippen molar-refractivity contribution in [2.45, 2.75) is 11.8 Å². The summed E-state index contributed by atoms with van der Waals surface area (Å²) < 4.78 is 41.4. The lowest BCUT2D eigenvalue weighted by Crippen LogP contribution is -2.05. The molecule has 0 amide bonds. The summed E-state index contributed by atoms with van der Waals surface area (Å²) >= 11 is 12.2. The molecule has 7 nitrogen and oxygen atoms in total. The average Bonchev–Trinajstić information content (AvgIpc) is 3.43. The lowest BCUT2D eigenvalue weighted by molar-refractivity contribution is 0.416. The van der Waals surface area contributed by atoms with Gasteiger partial charge in [0.1, 0.15) is 11.5 Å². The minimum absolute atomic E-state index is 0.0135. The fourth-order valence-electron chi connectivity index (χ4n) is 3.01. The zero-order valence-electron chi connectivity index (χ0n) is 17.1. The number of benzene rings is 2. The summed E-state index contributed by atoms with van der Waals surface area (Å²) in [7, 11) is -1.90. The van der Waals surface area contributed by atoms with E-state index >= 15 is 0 Å². The molecule has 4 aromatic rings. The molecule has 2 aromatic carbocycles. The maximum atomic E-state index is 12.2. The standard InChI is InChI=1S/C22H18Cl2N2O5S/c1-3-32(27,28)14-5-7-19(29-2)17(11-14)26-22-25-12-21(31-22)20-9-8-18(30-20)15-6-4-13(23)10-16(15)24/h4-12H,3H2,1-2H3,(H,25,26). The predicted molar refractivity (Wildman–Crippen MR) is 124 cm³/mol. The topological polar surface area (TPSA) is 94.6 Å². The first-order valence-corrected chi connectivity index (χ1v) is 11.9.